The van der Waals surface area contributed by atoms with Crippen LogP contribution in [0.5, 0.6) is 0 Å². The molecule has 3 nitrogen and oxygen atoms in total. The Labute approximate surface area is 117 Å². The molecule has 0 bridgehead atoms. The van der Waals surface area contributed by atoms with Crippen molar-refractivity contribution >= 4 is 23.2 Å². The van der Waals surface area contributed by atoms with Crippen molar-refractivity contribution in [3.63, 3.8) is 0 Å². The number of aliphatic hydroxyl groups excluding tert-OH is 1. The van der Waals surface area contributed by atoms with Crippen molar-refractivity contribution in [2.45, 2.75) is 25.0 Å². The van der Waals surface area contributed by atoms with Crippen LogP contribution in [0.3, 0.4) is 0 Å². The highest BCUT2D eigenvalue weighted by atomic mass is 35.5. The van der Waals surface area contributed by atoms with Gasteiger partial charge in [0.05, 0.1) is 12.2 Å². The van der Waals surface area contributed by atoms with Crippen molar-refractivity contribution in [3.8, 4) is 6.07 Å². The molecule has 5 heteroatoms. The van der Waals surface area contributed by atoms with Gasteiger partial charge in [0.2, 0.25) is 0 Å². The first-order valence-electron chi connectivity index (χ1n) is 5.88. The molecule has 1 aliphatic heterocycles. The number of nitrogens with zero attached hydrogens (tertiary/aromatic N) is 2. The highest BCUT2D eigenvalue weighted by Gasteiger charge is 2.26. The van der Waals surface area contributed by atoms with Gasteiger partial charge in [-0.2, -0.15) is 5.26 Å². The Hall–Kier alpha value is -0.790. The SMILES string of the molecule is N#CC(c1ccc(Cl)cc1Cl)N1CCC(O)CC1. The fraction of sp³-hybridized carbons (Fsp3) is 0.462. The number of hydrogen-bond donors (Lipinski definition) is 1. The van der Waals surface area contributed by atoms with Crippen molar-refractivity contribution in [1.82, 2.24) is 4.90 Å². The summed E-state index contributed by atoms with van der Waals surface area (Å²) in [6.45, 7) is 1.41. The van der Waals surface area contributed by atoms with Crippen molar-refractivity contribution in [2.75, 3.05) is 13.1 Å². The minimum Gasteiger partial charge on any atom is -0.393 e. The third-order valence-corrected chi connectivity index (χ3v) is 3.81. The molecule has 96 valence electrons. The van der Waals surface area contributed by atoms with E-state index in [1.807, 2.05) is 4.90 Å². The largest absolute Gasteiger partial charge is 0.393 e. The Balaban J connectivity index is 2.21. The smallest absolute Gasteiger partial charge is 0.125 e. The highest BCUT2D eigenvalue weighted by molar-refractivity contribution is 6.35. The number of benzene rings is 1. The highest BCUT2D eigenvalue weighted by Crippen LogP contribution is 2.31. The van der Waals surface area contributed by atoms with E-state index in [4.69, 9.17) is 23.2 Å². The van der Waals surface area contributed by atoms with Crippen LogP contribution in [0.2, 0.25) is 10.0 Å². The molecule has 1 fully saturated rings. The molecule has 0 aromatic heterocycles. The van der Waals surface area contributed by atoms with E-state index >= 15 is 0 Å². The summed E-state index contributed by atoms with van der Waals surface area (Å²) in [6.07, 6.45) is 1.15. The molecule has 18 heavy (non-hydrogen) atoms. The molecule has 1 saturated heterocycles. The number of nitriles is 1. The molecule has 0 amide bonds. The van der Waals surface area contributed by atoms with Gasteiger partial charge in [-0.25, -0.2) is 0 Å². The molecule has 1 aromatic carbocycles. The molecule has 0 aliphatic carbocycles. The standard InChI is InChI=1S/C13H14Cl2N2O/c14-9-1-2-11(12(15)7-9)13(8-16)17-5-3-10(18)4-6-17/h1-2,7,10,13,18H,3-6H2. The van der Waals surface area contributed by atoms with E-state index in [0.717, 1.165) is 5.56 Å². The number of aliphatic hydroxyl groups is 1. The zero-order chi connectivity index (χ0) is 13.1. The average Bonchev–Trinajstić information content (AvgIpc) is 2.35. The molecule has 1 unspecified atom stereocenters. The lowest BCUT2D eigenvalue weighted by Crippen LogP contribution is -2.38. The van der Waals surface area contributed by atoms with E-state index in [2.05, 4.69) is 6.07 Å². The molecule has 1 aromatic rings. The van der Waals surface area contributed by atoms with Gasteiger partial charge < -0.3 is 5.11 Å². The van der Waals surface area contributed by atoms with Gasteiger partial charge >= 0.3 is 0 Å². The van der Waals surface area contributed by atoms with Gasteiger partial charge in [0.1, 0.15) is 6.04 Å². The molecule has 1 aliphatic rings. The average molecular weight is 285 g/mol. The van der Waals surface area contributed by atoms with Crippen molar-refractivity contribution in [1.29, 1.82) is 5.26 Å². The molecule has 1 N–H and O–H groups in total. The van der Waals surface area contributed by atoms with Crippen LogP contribution in [0.4, 0.5) is 0 Å². The van der Waals surface area contributed by atoms with E-state index in [-0.39, 0.29) is 12.1 Å². The Morgan fingerprint density at radius 1 is 1.33 bits per heavy atom. The predicted octanol–water partition coefficient (Wildman–Crippen LogP) is 3.01. The first-order valence-corrected chi connectivity index (χ1v) is 6.64. The Morgan fingerprint density at radius 3 is 2.56 bits per heavy atom. The van der Waals surface area contributed by atoms with E-state index in [1.54, 1.807) is 18.2 Å². The summed E-state index contributed by atoms with van der Waals surface area (Å²) in [7, 11) is 0. The van der Waals surface area contributed by atoms with Crippen molar-refractivity contribution in [3.05, 3.63) is 33.8 Å². The molecule has 1 atom stereocenters. The quantitative estimate of drug-likeness (QED) is 0.908. The summed E-state index contributed by atoms with van der Waals surface area (Å²) in [6, 6.07) is 7.10. The third kappa shape index (κ3) is 2.96. The monoisotopic (exact) mass is 284 g/mol. The van der Waals surface area contributed by atoms with Gasteiger partial charge in [0, 0.05) is 28.7 Å². The van der Waals surface area contributed by atoms with Crippen LogP contribution in [-0.2, 0) is 0 Å². The minimum absolute atomic E-state index is 0.249. The number of hydrogen-bond acceptors (Lipinski definition) is 3. The van der Waals surface area contributed by atoms with E-state index in [1.165, 1.54) is 0 Å². The zero-order valence-electron chi connectivity index (χ0n) is 9.81. The lowest BCUT2D eigenvalue weighted by atomic mass is 10.0. The summed E-state index contributed by atoms with van der Waals surface area (Å²) >= 11 is 12.0. The lowest BCUT2D eigenvalue weighted by Gasteiger charge is -2.33. The summed E-state index contributed by atoms with van der Waals surface area (Å²) in [4.78, 5) is 2.04. The molecule has 1 heterocycles. The van der Waals surface area contributed by atoms with Gasteiger partial charge in [-0.15, -0.1) is 0 Å². The van der Waals surface area contributed by atoms with Gasteiger partial charge in [-0.05, 0) is 25.0 Å². The Bertz CT molecular complexity index is 465. The zero-order valence-corrected chi connectivity index (χ0v) is 11.3. The van der Waals surface area contributed by atoms with Crippen LogP contribution in [0.25, 0.3) is 0 Å². The lowest BCUT2D eigenvalue weighted by molar-refractivity contribution is 0.0717. The van der Waals surface area contributed by atoms with Crippen LogP contribution >= 0.6 is 23.2 Å². The molecule has 0 spiro atoms. The maximum Gasteiger partial charge on any atom is 0.125 e. The maximum absolute atomic E-state index is 9.49. The number of piperidine rings is 1. The van der Waals surface area contributed by atoms with Crippen LogP contribution in [0.1, 0.15) is 24.4 Å². The van der Waals surface area contributed by atoms with Crippen LogP contribution in [-0.4, -0.2) is 29.2 Å². The van der Waals surface area contributed by atoms with Crippen LogP contribution < -0.4 is 0 Å². The Morgan fingerprint density at radius 2 is 2.00 bits per heavy atom. The normalized spacial score (nSPS) is 19.4. The molecular weight excluding hydrogens is 271 g/mol. The minimum atomic E-state index is -0.373. The summed E-state index contributed by atoms with van der Waals surface area (Å²) in [5.41, 5.74) is 0.778. The van der Waals surface area contributed by atoms with Gasteiger partial charge in [-0.3, -0.25) is 4.90 Å². The maximum atomic E-state index is 9.49. The molecular formula is C13H14Cl2N2O. The fourth-order valence-electron chi connectivity index (χ4n) is 2.22. The first kappa shape index (κ1) is 13.6. The Kier molecular flexibility index (Phi) is 4.47. The van der Waals surface area contributed by atoms with E-state index in [9.17, 15) is 10.4 Å². The number of likely N-dealkylation sites (tertiary alicyclic amines) is 1. The second-order valence-corrected chi connectivity index (χ2v) is 5.31. The van der Waals surface area contributed by atoms with Crippen molar-refractivity contribution in [2.24, 2.45) is 0 Å². The number of halogens is 2. The molecule has 0 radical (unpaired) electrons. The summed E-state index contributed by atoms with van der Waals surface area (Å²) < 4.78 is 0. The van der Waals surface area contributed by atoms with Gasteiger partial charge in [-0.1, -0.05) is 29.3 Å². The first-order chi connectivity index (χ1) is 8.61. The molecule has 0 saturated carbocycles. The van der Waals surface area contributed by atoms with E-state index < -0.39 is 0 Å². The van der Waals surface area contributed by atoms with Crippen LogP contribution in [0, 0.1) is 11.3 Å². The van der Waals surface area contributed by atoms with Crippen LogP contribution in [0.15, 0.2) is 18.2 Å². The predicted molar refractivity (Wildman–Crippen MR) is 71.6 cm³/mol. The van der Waals surface area contributed by atoms with Gasteiger partial charge in [0.15, 0.2) is 0 Å². The van der Waals surface area contributed by atoms with E-state index in [0.29, 0.717) is 36.0 Å². The molecule has 2 rings (SSSR count). The fourth-order valence-corrected chi connectivity index (χ4v) is 2.73. The number of rotatable bonds is 2. The second kappa shape index (κ2) is 5.90. The second-order valence-electron chi connectivity index (χ2n) is 4.46. The summed E-state index contributed by atoms with van der Waals surface area (Å²) in [5, 5.41) is 19.9. The van der Waals surface area contributed by atoms with Gasteiger partial charge in [0.25, 0.3) is 0 Å². The summed E-state index contributed by atoms with van der Waals surface area (Å²) in [5.74, 6) is 0. The van der Waals surface area contributed by atoms with Crippen molar-refractivity contribution < 1.29 is 5.11 Å². The topological polar surface area (TPSA) is 47.3 Å². The third-order valence-electron chi connectivity index (χ3n) is 3.24.